The number of primary amides is 1. The molecule has 0 saturated carbocycles. The van der Waals surface area contributed by atoms with Crippen molar-refractivity contribution in [3.05, 3.63) is 33.8 Å². The van der Waals surface area contributed by atoms with Gasteiger partial charge in [0.1, 0.15) is 0 Å². The summed E-state index contributed by atoms with van der Waals surface area (Å²) in [4.78, 5) is 22.0. The number of benzene rings is 1. The van der Waals surface area contributed by atoms with Gasteiger partial charge in [0, 0.05) is 29.4 Å². The maximum Gasteiger partial charge on any atom is 0.220 e. The zero-order valence-electron chi connectivity index (χ0n) is 10.4. The summed E-state index contributed by atoms with van der Waals surface area (Å²) in [6.45, 7) is 0.454. The zero-order valence-corrected chi connectivity index (χ0v) is 11.9. The summed E-state index contributed by atoms with van der Waals surface area (Å²) < 4.78 is 0. The molecule has 19 heavy (non-hydrogen) atoms. The van der Waals surface area contributed by atoms with Crippen LogP contribution in [0.15, 0.2) is 18.2 Å². The van der Waals surface area contributed by atoms with Gasteiger partial charge in [-0.2, -0.15) is 0 Å². The van der Waals surface area contributed by atoms with E-state index in [9.17, 15) is 9.59 Å². The molecular formula is C13H16Cl2N2O2. The van der Waals surface area contributed by atoms with Crippen molar-refractivity contribution in [1.82, 2.24) is 5.32 Å². The fourth-order valence-corrected chi connectivity index (χ4v) is 2.05. The van der Waals surface area contributed by atoms with Crippen molar-refractivity contribution < 1.29 is 9.59 Å². The molecule has 6 heteroatoms. The number of carbonyl (C=O) groups excluding carboxylic acids is 2. The second kappa shape index (κ2) is 8.02. The second-order valence-electron chi connectivity index (χ2n) is 4.16. The fourth-order valence-electron chi connectivity index (χ4n) is 1.55. The van der Waals surface area contributed by atoms with Crippen LogP contribution in [-0.2, 0) is 16.0 Å². The first-order chi connectivity index (χ1) is 8.99. The molecule has 4 nitrogen and oxygen atoms in total. The molecule has 1 aromatic rings. The van der Waals surface area contributed by atoms with Gasteiger partial charge in [0.25, 0.3) is 0 Å². The van der Waals surface area contributed by atoms with Crippen LogP contribution in [-0.4, -0.2) is 18.4 Å². The van der Waals surface area contributed by atoms with Crippen molar-refractivity contribution >= 4 is 35.0 Å². The molecule has 3 N–H and O–H groups in total. The number of nitrogens with one attached hydrogen (secondary N) is 1. The lowest BCUT2D eigenvalue weighted by Gasteiger charge is -2.06. The third kappa shape index (κ3) is 6.45. The van der Waals surface area contributed by atoms with Crippen LogP contribution in [0.2, 0.25) is 10.0 Å². The van der Waals surface area contributed by atoms with Gasteiger partial charge in [-0.05, 0) is 30.5 Å². The van der Waals surface area contributed by atoms with Crippen LogP contribution in [0.4, 0.5) is 0 Å². The Morgan fingerprint density at radius 1 is 1.21 bits per heavy atom. The highest BCUT2D eigenvalue weighted by atomic mass is 35.5. The third-order valence-electron chi connectivity index (χ3n) is 2.56. The predicted molar refractivity (Wildman–Crippen MR) is 76.2 cm³/mol. The van der Waals surface area contributed by atoms with Crippen molar-refractivity contribution in [3.63, 3.8) is 0 Å². The van der Waals surface area contributed by atoms with Crippen molar-refractivity contribution in [3.8, 4) is 0 Å². The topological polar surface area (TPSA) is 72.2 Å². The Hall–Kier alpha value is -1.26. The van der Waals surface area contributed by atoms with E-state index in [1.165, 1.54) is 0 Å². The fraction of sp³-hybridized carbons (Fsp3) is 0.385. The van der Waals surface area contributed by atoms with E-state index >= 15 is 0 Å². The number of hydrogen-bond acceptors (Lipinski definition) is 2. The molecule has 0 fully saturated rings. The van der Waals surface area contributed by atoms with Crippen molar-refractivity contribution in [2.75, 3.05) is 6.54 Å². The minimum Gasteiger partial charge on any atom is -0.370 e. The number of hydrogen-bond donors (Lipinski definition) is 2. The summed E-state index contributed by atoms with van der Waals surface area (Å²) in [5.74, 6) is -0.433. The van der Waals surface area contributed by atoms with Crippen molar-refractivity contribution in [2.45, 2.75) is 25.7 Å². The number of carbonyl (C=O) groups is 2. The quantitative estimate of drug-likeness (QED) is 0.759. The van der Waals surface area contributed by atoms with Crippen LogP contribution >= 0.6 is 23.2 Å². The number of nitrogens with two attached hydrogens (primary N) is 1. The Kier molecular flexibility index (Phi) is 6.67. The molecule has 0 aliphatic heterocycles. The van der Waals surface area contributed by atoms with Gasteiger partial charge in [-0.25, -0.2) is 0 Å². The number of rotatable bonds is 7. The molecule has 0 radical (unpaired) electrons. The van der Waals surface area contributed by atoms with Gasteiger partial charge < -0.3 is 11.1 Å². The largest absolute Gasteiger partial charge is 0.370 e. The Morgan fingerprint density at radius 3 is 2.58 bits per heavy atom. The highest BCUT2D eigenvalue weighted by molar-refractivity contribution is 6.35. The van der Waals surface area contributed by atoms with Gasteiger partial charge in [0.05, 0.1) is 0 Å². The van der Waals surface area contributed by atoms with E-state index in [1.807, 2.05) is 6.07 Å². The Morgan fingerprint density at radius 2 is 1.95 bits per heavy atom. The first-order valence-electron chi connectivity index (χ1n) is 5.98. The monoisotopic (exact) mass is 302 g/mol. The van der Waals surface area contributed by atoms with E-state index in [0.717, 1.165) is 5.56 Å². The molecule has 0 saturated heterocycles. The minimum absolute atomic E-state index is 0.0736. The average Bonchev–Trinajstić information content (AvgIpc) is 2.33. The summed E-state index contributed by atoms with van der Waals surface area (Å²) in [7, 11) is 0. The number of amides is 2. The first-order valence-corrected chi connectivity index (χ1v) is 6.73. The lowest BCUT2D eigenvalue weighted by Crippen LogP contribution is -2.25. The third-order valence-corrected chi connectivity index (χ3v) is 3.15. The van der Waals surface area contributed by atoms with Gasteiger partial charge in [-0.15, -0.1) is 0 Å². The SMILES string of the molecule is NC(=O)CCCNC(=O)CCc1ccc(Cl)cc1Cl. The molecule has 0 unspecified atom stereocenters. The lowest BCUT2D eigenvalue weighted by atomic mass is 10.1. The number of halogens is 2. The summed E-state index contributed by atoms with van der Waals surface area (Å²) >= 11 is 11.8. The van der Waals surface area contributed by atoms with Crippen LogP contribution in [0.25, 0.3) is 0 Å². The second-order valence-corrected chi connectivity index (χ2v) is 5.00. The average molecular weight is 303 g/mol. The van der Waals surface area contributed by atoms with Crippen molar-refractivity contribution in [1.29, 1.82) is 0 Å². The zero-order chi connectivity index (χ0) is 14.3. The molecule has 0 aliphatic carbocycles. The minimum atomic E-state index is -0.359. The molecule has 104 valence electrons. The number of aryl methyl sites for hydroxylation is 1. The van der Waals surface area contributed by atoms with E-state index in [1.54, 1.807) is 12.1 Å². The summed E-state index contributed by atoms with van der Waals surface area (Å²) in [6, 6.07) is 5.21. The predicted octanol–water partition coefficient (Wildman–Crippen LogP) is 2.31. The van der Waals surface area contributed by atoms with Crippen LogP contribution in [0.1, 0.15) is 24.8 Å². The van der Waals surface area contributed by atoms with E-state index in [0.29, 0.717) is 35.9 Å². The Bertz CT molecular complexity index is 464. The molecule has 0 atom stereocenters. The molecular weight excluding hydrogens is 287 g/mol. The van der Waals surface area contributed by atoms with Crippen LogP contribution < -0.4 is 11.1 Å². The molecule has 1 rings (SSSR count). The molecule has 0 heterocycles. The van der Waals surface area contributed by atoms with E-state index in [-0.39, 0.29) is 18.2 Å². The van der Waals surface area contributed by atoms with Gasteiger partial charge in [-0.1, -0.05) is 29.3 Å². The van der Waals surface area contributed by atoms with Crippen LogP contribution in [0.3, 0.4) is 0 Å². The van der Waals surface area contributed by atoms with E-state index in [2.05, 4.69) is 5.32 Å². The van der Waals surface area contributed by atoms with Gasteiger partial charge in [0.2, 0.25) is 11.8 Å². The van der Waals surface area contributed by atoms with Crippen LogP contribution in [0.5, 0.6) is 0 Å². The molecule has 0 aromatic heterocycles. The van der Waals surface area contributed by atoms with Crippen LogP contribution in [0, 0.1) is 0 Å². The highest BCUT2D eigenvalue weighted by Crippen LogP contribution is 2.21. The molecule has 0 spiro atoms. The maximum absolute atomic E-state index is 11.5. The molecule has 0 aliphatic rings. The smallest absolute Gasteiger partial charge is 0.220 e. The summed E-state index contributed by atoms with van der Waals surface area (Å²) in [5.41, 5.74) is 5.88. The standard InChI is InChI=1S/C13H16Cl2N2O2/c14-10-5-3-9(11(15)8-10)4-6-13(19)17-7-1-2-12(16)18/h3,5,8H,1-2,4,6-7H2,(H2,16,18)(H,17,19). The van der Waals surface area contributed by atoms with E-state index < -0.39 is 0 Å². The lowest BCUT2D eigenvalue weighted by molar-refractivity contribution is -0.121. The molecule has 0 bridgehead atoms. The summed E-state index contributed by atoms with van der Waals surface area (Å²) in [6.07, 6.45) is 1.74. The normalized spacial score (nSPS) is 10.2. The van der Waals surface area contributed by atoms with E-state index in [4.69, 9.17) is 28.9 Å². The summed E-state index contributed by atoms with van der Waals surface area (Å²) in [5, 5.41) is 3.86. The Labute approximate surface area is 122 Å². The molecule has 2 amide bonds. The highest BCUT2D eigenvalue weighted by Gasteiger charge is 2.05. The molecule has 1 aromatic carbocycles. The van der Waals surface area contributed by atoms with Crippen molar-refractivity contribution in [2.24, 2.45) is 5.73 Å². The van der Waals surface area contributed by atoms with Gasteiger partial charge in [0.15, 0.2) is 0 Å². The Balaban J connectivity index is 2.28. The van der Waals surface area contributed by atoms with Gasteiger partial charge in [-0.3, -0.25) is 9.59 Å². The van der Waals surface area contributed by atoms with Gasteiger partial charge >= 0.3 is 0 Å². The first kappa shape index (κ1) is 15.8. The maximum atomic E-state index is 11.5.